The Balaban J connectivity index is 0.000000810. The van der Waals surface area contributed by atoms with Crippen molar-refractivity contribution in [3.05, 3.63) is 24.3 Å². The summed E-state index contributed by atoms with van der Waals surface area (Å²) in [6.45, 7) is 0. The van der Waals surface area contributed by atoms with Crippen molar-refractivity contribution in [3.63, 3.8) is 0 Å². The molecule has 52 valence electrons. The summed E-state index contributed by atoms with van der Waals surface area (Å²) in [5.41, 5.74) is 0. The number of benzene rings is 1. The average molecular weight is 166 g/mol. The van der Waals surface area contributed by atoms with E-state index in [4.69, 9.17) is 9.84 Å². The summed E-state index contributed by atoms with van der Waals surface area (Å²) < 4.78 is 4.86. The maximum absolute atomic E-state index is 8.80. The van der Waals surface area contributed by atoms with Crippen LogP contribution in [0.3, 0.4) is 0 Å². The average Bonchev–Trinajstić information content (AvgIpc) is 1.90. The molecule has 2 nitrogen and oxygen atoms in total. The number of aromatic hydroxyl groups is 1. The second-order valence-corrected chi connectivity index (χ2v) is 1.70. The van der Waals surface area contributed by atoms with Gasteiger partial charge in [0.1, 0.15) is 11.5 Å². The van der Waals surface area contributed by atoms with Crippen LogP contribution < -0.4 is 4.74 Å². The number of ether oxygens (including phenoxy) is 1. The van der Waals surface area contributed by atoms with Gasteiger partial charge in [-0.25, -0.2) is 0 Å². The Labute approximate surface area is 89.8 Å². The molecule has 1 aromatic rings. The fraction of sp³-hybridized carbons (Fsp3) is 0.143. The van der Waals surface area contributed by atoms with Crippen LogP contribution in [-0.4, -0.2) is 50.0 Å². The summed E-state index contributed by atoms with van der Waals surface area (Å²) in [7, 11) is 1.59. The van der Waals surface area contributed by atoms with Gasteiger partial charge >= 0.3 is 37.7 Å². The fourth-order valence-electron chi connectivity index (χ4n) is 0.582. The van der Waals surface area contributed by atoms with Crippen LogP contribution in [0.25, 0.3) is 0 Å². The molecule has 0 saturated carbocycles. The van der Waals surface area contributed by atoms with E-state index in [1.165, 1.54) is 0 Å². The van der Waals surface area contributed by atoms with E-state index in [1.807, 2.05) is 0 Å². The third-order valence-electron chi connectivity index (χ3n) is 1.07. The van der Waals surface area contributed by atoms with Gasteiger partial charge in [-0.1, -0.05) is 0 Å². The van der Waals surface area contributed by atoms with Crippen molar-refractivity contribution in [2.75, 3.05) is 7.11 Å². The molecule has 0 amide bonds. The topological polar surface area (TPSA) is 29.5 Å². The molecule has 0 heterocycles. The van der Waals surface area contributed by atoms with Crippen molar-refractivity contribution >= 4 is 37.7 Å². The molecular formula is C7H10CaO2. The quantitative estimate of drug-likeness (QED) is 0.615. The number of rotatable bonds is 1. The first-order valence-corrected chi connectivity index (χ1v) is 2.66. The Morgan fingerprint density at radius 1 is 1.20 bits per heavy atom. The molecule has 3 heteroatoms. The van der Waals surface area contributed by atoms with Crippen molar-refractivity contribution in [2.24, 2.45) is 0 Å². The number of phenolic OH excluding ortho intramolecular Hbond substituents is 1. The van der Waals surface area contributed by atoms with Crippen molar-refractivity contribution in [3.8, 4) is 11.5 Å². The molecule has 0 saturated heterocycles. The summed E-state index contributed by atoms with van der Waals surface area (Å²) in [4.78, 5) is 0. The van der Waals surface area contributed by atoms with Gasteiger partial charge < -0.3 is 9.84 Å². The molecule has 10 heavy (non-hydrogen) atoms. The van der Waals surface area contributed by atoms with E-state index < -0.39 is 0 Å². The monoisotopic (exact) mass is 166 g/mol. The van der Waals surface area contributed by atoms with Gasteiger partial charge in [0.15, 0.2) is 0 Å². The van der Waals surface area contributed by atoms with Gasteiger partial charge in [0.05, 0.1) is 7.11 Å². The third-order valence-corrected chi connectivity index (χ3v) is 1.07. The molecule has 1 rings (SSSR count). The molecule has 1 aromatic carbocycles. The van der Waals surface area contributed by atoms with Crippen LogP contribution in [0.1, 0.15) is 0 Å². The number of methoxy groups -OCH3 is 1. The van der Waals surface area contributed by atoms with E-state index >= 15 is 0 Å². The summed E-state index contributed by atoms with van der Waals surface area (Å²) in [6.07, 6.45) is 0. The van der Waals surface area contributed by atoms with Gasteiger partial charge in [0.2, 0.25) is 0 Å². The molecule has 0 unspecified atom stereocenters. The van der Waals surface area contributed by atoms with Crippen LogP contribution >= 0.6 is 0 Å². The first kappa shape index (κ1) is 10.1. The Morgan fingerprint density at radius 3 is 2.10 bits per heavy atom. The maximum atomic E-state index is 8.80. The minimum atomic E-state index is 0. The molecule has 0 aliphatic rings. The van der Waals surface area contributed by atoms with Crippen LogP contribution in [0.2, 0.25) is 0 Å². The SMILES string of the molecule is COc1ccc(O)cc1.[CaH2]. The second kappa shape index (κ2) is 4.83. The number of phenols is 1. The first-order chi connectivity index (χ1) is 4.33. The normalized spacial score (nSPS) is 8.10. The standard InChI is InChI=1S/C7H8O2.Ca.2H/c1-9-7-4-2-6(8)3-5-7;;;/h2-5,8H,1H3;;;. The Kier molecular flexibility index (Phi) is 4.87. The molecule has 0 spiro atoms. The molecule has 0 aliphatic carbocycles. The molecule has 0 aliphatic heterocycles. The van der Waals surface area contributed by atoms with E-state index in [1.54, 1.807) is 31.4 Å². The summed E-state index contributed by atoms with van der Waals surface area (Å²) >= 11 is 0. The zero-order chi connectivity index (χ0) is 6.69. The van der Waals surface area contributed by atoms with Gasteiger partial charge in [-0.3, -0.25) is 0 Å². The fourth-order valence-corrected chi connectivity index (χ4v) is 0.582. The van der Waals surface area contributed by atoms with Crippen molar-refractivity contribution in [2.45, 2.75) is 0 Å². The van der Waals surface area contributed by atoms with Gasteiger partial charge in [-0.05, 0) is 24.3 Å². The zero-order valence-corrected chi connectivity index (χ0v) is 5.16. The summed E-state index contributed by atoms with van der Waals surface area (Å²) in [5.74, 6) is 1.02. The molecule has 0 atom stereocenters. The van der Waals surface area contributed by atoms with E-state index in [0.29, 0.717) is 0 Å². The van der Waals surface area contributed by atoms with Crippen LogP contribution in [0.5, 0.6) is 11.5 Å². The van der Waals surface area contributed by atoms with Crippen LogP contribution in [0.4, 0.5) is 0 Å². The molecule has 0 fully saturated rings. The Morgan fingerprint density at radius 2 is 1.70 bits per heavy atom. The zero-order valence-electron chi connectivity index (χ0n) is 5.16. The van der Waals surface area contributed by atoms with Crippen LogP contribution in [-0.2, 0) is 0 Å². The van der Waals surface area contributed by atoms with E-state index in [2.05, 4.69) is 0 Å². The second-order valence-electron chi connectivity index (χ2n) is 1.70. The van der Waals surface area contributed by atoms with Crippen molar-refractivity contribution in [1.29, 1.82) is 0 Å². The molecule has 0 bridgehead atoms. The van der Waals surface area contributed by atoms with Crippen LogP contribution in [0.15, 0.2) is 24.3 Å². The predicted octanol–water partition coefficient (Wildman–Crippen LogP) is 0.485. The van der Waals surface area contributed by atoms with Gasteiger partial charge in [-0.2, -0.15) is 0 Å². The van der Waals surface area contributed by atoms with Crippen LogP contribution in [0, 0.1) is 0 Å². The van der Waals surface area contributed by atoms with E-state index in [9.17, 15) is 0 Å². The van der Waals surface area contributed by atoms with Gasteiger partial charge in [0.25, 0.3) is 0 Å². The van der Waals surface area contributed by atoms with Gasteiger partial charge in [-0.15, -0.1) is 0 Å². The molecular weight excluding hydrogens is 156 g/mol. The molecule has 0 radical (unpaired) electrons. The number of hydrogen-bond acceptors (Lipinski definition) is 2. The van der Waals surface area contributed by atoms with Crippen molar-refractivity contribution in [1.82, 2.24) is 0 Å². The van der Waals surface area contributed by atoms with E-state index in [0.717, 1.165) is 5.75 Å². The third kappa shape index (κ3) is 2.78. The Hall–Kier alpha value is 0.0797. The summed E-state index contributed by atoms with van der Waals surface area (Å²) in [5, 5.41) is 8.80. The predicted molar refractivity (Wildman–Crippen MR) is 43.2 cm³/mol. The molecule has 0 aromatic heterocycles. The Bertz CT molecular complexity index is 183. The number of hydrogen-bond donors (Lipinski definition) is 1. The summed E-state index contributed by atoms with van der Waals surface area (Å²) in [6, 6.07) is 6.57. The molecule has 1 N–H and O–H groups in total. The van der Waals surface area contributed by atoms with Crippen molar-refractivity contribution < 1.29 is 9.84 Å². The van der Waals surface area contributed by atoms with E-state index in [-0.39, 0.29) is 43.5 Å². The first-order valence-electron chi connectivity index (χ1n) is 2.66. The minimum absolute atomic E-state index is 0. The van der Waals surface area contributed by atoms with Gasteiger partial charge in [0, 0.05) is 0 Å².